The Kier molecular flexibility index (Phi) is 6.99. The maximum atomic E-state index is 2.60. The van der Waals surface area contributed by atoms with Gasteiger partial charge in [0.2, 0.25) is 0 Å². The minimum atomic E-state index is 1.05. The molecule has 0 N–H and O–H groups in total. The lowest BCUT2D eigenvalue weighted by atomic mass is 9.90. The maximum Gasteiger partial charge on any atom is 0.0491 e. The van der Waals surface area contributed by atoms with Gasteiger partial charge in [-0.25, -0.2) is 0 Å². The third-order valence-corrected chi connectivity index (χ3v) is 12.2. The lowest BCUT2D eigenvalue weighted by molar-refractivity contribution is 0.571. The van der Waals surface area contributed by atoms with Gasteiger partial charge in [-0.1, -0.05) is 136 Å². The molecule has 53 heavy (non-hydrogen) atoms. The van der Waals surface area contributed by atoms with E-state index in [0.29, 0.717) is 0 Å². The highest BCUT2D eigenvalue weighted by Crippen LogP contribution is 2.41. The van der Waals surface area contributed by atoms with Crippen LogP contribution in [0.15, 0.2) is 146 Å². The molecule has 0 saturated heterocycles. The Morgan fingerprint density at radius 3 is 1.15 bits per heavy atom. The zero-order valence-electron chi connectivity index (χ0n) is 30.3. The van der Waals surface area contributed by atoms with Crippen molar-refractivity contribution in [1.29, 1.82) is 0 Å². The first-order chi connectivity index (χ1) is 26.2. The summed E-state index contributed by atoms with van der Waals surface area (Å²) < 4.78 is 2.60. The molecular formula is C52H41N. The number of aryl methyl sites for hydroxylation is 1. The lowest BCUT2D eigenvalue weighted by Crippen LogP contribution is -1.98. The van der Waals surface area contributed by atoms with Crippen molar-refractivity contribution in [2.45, 2.75) is 52.0 Å². The van der Waals surface area contributed by atoms with Crippen molar-refractivity contribution in [2.75, 3.05) is 0 Å². The molecule has 0 amide bonds. The van der Waals surface area contributed by atoms with Crippen LogP contribution >= 0.6 is 0 Å². The molecule has 11 aromatic rings. The van der Waals surface area contributed by atoms with Crippen molar-refractivity contribution >= 4 is 86.4 Å². The molecule has 0 bridgehead atoms. The standard InChI is InChI=1S/C52H41N/c1-2-3-4-5-6-7-26-53-47-24-22-37(43-27-39-18-14-33-10-8-11-34-15-19-40(28-43)51(39)49(33)34)31-45(47)46-32-38(23-25-48(46)53)44-29-41-20-16-35-12-9-13-36-17-21-42(30-44)52(41)50(35)36/h8-25,27-32H,2-7,26H2,1H3. The van der Waals surface area contributed by atoms with Gasteiger partial charge in [0.25, 0.3) is 0 Å². The van der Waals surface area contributed by atoms with Crippen LogP contribution < -0.4 is 0 Å². The second-order valence-electron chi connectivity index (χ2n) is 15.4. The number of rotatable bonds is 9. The Labute approximate surface area is 309 Å². The molecule has 1 heterocycles. The Balaban J connectivity index is 1.07. The Bertz CT molecular complexity index is 2820. The fourth-order valence-electron chi connectivity index (χ4n) is 9.59. The molecule has 0 aliphatic heterocycles. The van der Waals surface area contributed by atoms with Crippen molar-refractivity contribution in [3.05, 3.63) is 146 Å². The molecule has 0 aliphatic rings. The summed E-state index contributed by atoms with van der Waals surface area (Å²) in [5, 5.41) is 18.7. The highest BCUT2D eigenvalue weighted by molar-refractivity contribution is 6.25. The van der Waals surface area contributed by atoms with E-state index in [1.54, 1.807) is 0 Å². The summed E-state index contributed by atoms with van der Waals surface area (Å²) in [4.78, 5) is 0. The zero-order chi connectivity index (χ0) is 35.0. The van der Waals surface area contributed by atoms with Crippen molar-refractivity contribution in [1.82, 2.24) is 4.57 Å². The SMILES string of the molecule is CCCCCCCCn1c2ccc(-c3cc4ccc5cccc6ccc(c3)c4c56)cc2c2cc(-c3cc4ccc5cccc6ccc(c3)c4c56)ccc21. The highest BCUT2D eigenvalue weighted by Gasteiger charge is 2.16. The Morgan fingerprint density at radius 1 is 0.340 bits per heavy atom. The molecule has 11 rings (SSSR count). The molecule has 1 nitrogen and oxygen atoms in total. The van der Waals surface area contributed by atoms with Gasteiger partial charge in [-0.2, -0.15) is 0 Å². The van der Waals surface area contributed by atoms with E-state index in [4.69, 9.17) is 0 Å². The molecule has 1 heteroatoms. The summed E-state index contributed by atoms with van der Waals surface area (Å²) in [6.45, 7) is 3.34. The zero-order valence-corrected chi connectivity index (χ0v) is 30.3. The molecule has 10 aromatic carbocycles. The molecule has 0 radical (unpaired) electrons. The van der Waals surface area contributed by atoms with Gasteiger partial charge in [-0.05, 0) is 142 Å². The van der Waals surface area contributed by atoms with Crippen molar-refractivity contribution in [3.8, 4) is 22.3 Å². The van der Waals surface area contributed by atoms with Gasteiger partial charge in [0.15, 0.2) is 0 Å². The summed E-state index contributed by atoms with van der Waals surface area (Å²) in [5.41, 5.74) is 7.77. The van der Waals surface area contributed by atoms with E-state index in [-0.39, 0.29) is 0 Å². The lowest BCUT2D eigenvalue weighted by Gasteiger charge is -2.13. The van der Waals surface area contributed by atoms with E-state index in [0.717, 1.165) is 6.54 Å². The second kappa shape index (κ2) is 12.1. The Morgan fingerprint density at radius 2 is 0.717 bits per heavy atom. The molecule has 0 fully saturated rings. The van der Waals surface area contributed by atoms with Gasteiger partial charge in [-0.15, -0.1) is 0 Å². The van der Waals surface area contributed by atoms with E-state index in [2.05, 4.69) is 157 Å². The van der Waals surface area contributed by atoms with E-state index >= 15 is 0 Å². The number of aromatic nitrogens is 1. The van der Waals surface area contributed by atoms with E-state index in [1.807, 2.05) is 0 Å². The molecule has 0 unspecified atom stereocenters. The number of fused-ring (bicyclic) bond motifs is 3. The van der Waals surface area contributed by atoms with Crippen LogP contribution in [0.2, 0.25) is 0 Å². The summed E-state index contributed by atoms with van der Waals surface area (Å²) in [6, 6.07) is 55.7. The quantitative estimate of drug-likeness (QED) is 0.106. The first kappa shape index (κ1) is 30.7. The molecule has 0 aliphatic carbocycles. The number of unbranched alkanes of at least 4 members (excludes halogenated alkanes) is 5. The molecule has 1 aromatic heterocycles. The predicted molar refractivity (Wildman–Crippen MR) is 231 cm³/mol. The summed E-state index contributed by atoms with van der Waals surface area (Å²) in [6.07, 6.45) is 7.79. The van der Waals surface area contributed by atoms with Gasteiger partial charge >= 0.3 is 0 Å². The average molecular weight is 680 g/mol. The largest absolute Gasteiger partial charge is 0.340 e. The van der Waals surface area contributed by atoms with Crippen molar-refractivity contribution in [3.63, 3.8) is 0 Å². The van der Waals surface area contributed by atoms with Crippen LogP contribution in [0.3, 0.4) is 0 Å². The predicted octanol–water partition coefficient (Wildman–Crippen LogP) is 15.3. The first-order valence-electron chi connectivity index (χ1n) is 19.6. The third-order valence-electron chi connectivity index (χ3n) is 12.2. The van der Waals surface area contributed by atoms with Gasteiger partial charge < -0.3 is 4.57 Å². The first-order valence-corrected chi connectivity index (χ1v) is 19.6. The van der Waals surface area contributed by atoms with Gasteiger partial charge in [0.05, 0.1) is 0 Å². The highest BCUT2D eigenvalue weighted by atomic mass is 15.0. The topological polar surface area (TPSA) is 4.93 Å². The number of benzene rings is 10. The van der Waals surface area contributed by atoms with Crippen LogP contribution in [0.25, 0.3) is 109 Å². The van der Waals surface area contributed by atoms with Gasteiger partial charge in [-0.3, -0.25) is 0 Å². The normalized spacial score (nSPS) is 12.4. The van der Waals surface area contributed by atoms with E-state index < -0.39 is 0 Å². The van der Waals surface area contributed by atoms with Crippen LogP contribution in [0.5, 0.6) is 0 Å². The minimum Gasteiger partial charge on any atom is -0.340 e. The van der Waals surface area contributed by atoms with Crippen LogP contribution in [-0.4, -0.2) is 4.57 Å². The maximum absolute atomic E-state index is 2.60. The minimum absolute atomic E-state index is 1.05. The fraction of sp³-hybridized carbons (Fsp3) is 0.154. The number of nitrogens with zero attached hydrogens (tertiary/aromatic N) is 1. The van der Waals surface area contributed by atoms with E-state index in [1.165, 1.54) is 147 Å². The van der Waals surface area contributed by atoms with Crippen LogP contribution in [0.4, 0.5) is 0 Å². The Hall–Kier alpha value is -5.92. The summed E-state index contributed by atoms with van der Waals surface area (Å²) in [7, 11) is 0. The van der Waals surface area contributed by atoms with Gasteiger partial charge in [0, 0.05) is 28.4 Å². The van der Waals surface area contributed by atoms with Crippen molar-refractivity contribution in [2.24, 2.45) is 0 Å². The monoisotopic (exact) mass is 679 g/mol. The summed E-state index contributed by atoms with van der Waals surface area (Å²) in [5.74, 6) is 0. The average Bonchev–Trinajstić information content (AvgIpc) is 3.52. The second-order valence-corrected chi connectivity index (χ2v) is 15.4. The molecule has 0 atom stereocenters. The van der Waals surface area contributed by atoms with Crippen LogP contribution in [0, 0.1) is 0 Å². The molecular weight excluding hydrogens is 639 g/mol. The molecule has 0 saturated carbocycles. The van der Waals surface area contributed by atoms with Crippen LogP contribution in [0.1, 0.15) is 45.4 Å². The number of hydrogen-bond acceptors (Lipinski definition) is 0. The molecule has 254 valence electrons. The van der Waals surface area contributed by atoms with Crippen molar-refractivity contribution < 1.29 is 0 Å². The smallest absolute Gasteiger partial charge is 0.0491 e. The van der Waals surface area contributed by atoms with Crippen LogP contribution in [-0.2, 0) is 6.54 Å². The van der Waals surface area contributed by atoms with Gasteiger partial charge in [0.1, 0.15) is 0 Å². The number of hydrogen-bond donors (Lipinski definition) is 0. The third kappa shape index (κ3) is 4.84. The van der Waals surface area contributed by atoms with E-state index in [9.17, 15) is 0 Å². The fourth-order valence-corrected chi connectivity index (χ4v) is 9.59. The summed E-state index contributed by atoms with van der Waals surface area (Å²) >= 11 is 0. The molecule has 0 spiro atoms.